The van der Waals surface area contributed by atoms with Gasteiger partial charge in [-0.25, -0.2) is 4.98 Å². The van der Waals surface area contributed by atoms with E-state index in [0.29, 0.717) is 33.2 Å². The van der Waals surface area contributed by atoms with E-state index in [0.717, 1.165) is 11.8 Å². The molecule has 1 aromatic heterocycles. The molecule has 0 saturated carbocycles. The number of thioether (sulfide) groups is 1. The zero-order valence-corrected chi connectivity index (χ0v) is 16.8. The quantitative estimate of drug-likeness (QED) is 0.357. The van der Waals surface area contributed by atoms with E-state index < -0.39 is 11.2 Å². The minimum absolute atomic E-state index is 0.239. The summed E-state index contributed by atoms with van der Waals surface area (Å²) in [6, 6.07) is 12.2. The third-order valence-electron chi connectivity index (χ3n) is 4.19. The van der Waals surface area contributed by atoms with E-state index in [1.54, 1.807) is 50.4 Å². The molecule has 7 nitrogen and oxygen atoms in total. The van der Waals surface area contributed by atoms with Crippen LogP contribution in [0.2, 0.25) is 0 Å². The number of fused-ring (bicyclic) bond motifs is 1. The van der Waals surface area contributed by atoms with Crippen LogP contribution >= 0.6 is 11.8 Å². The predicted octanol–water partition coefficient (Wildman–Crippen LogP) is 3.06. The highest BCUT2D eigenvalue weighted by atomic mass is 32.2. The van der Waals surface area contributed by atoms with Crippen LogP contribution in [-0.4, -0.2) is 42.1 Å². The van der Waals surface area contributed by atoms with Crippen molar-refractivity contribution < 1.29 is 19.0 Å². The van der Waals surface area contributed by atoms with Crippen molar-refractivity contribution in [1.82, 2.24) is 9.55 Å². The van der Waals surface area contributed by atoms with Crippen molar-refractivity contribution in [1.29, 1.82) is 0 Å². The number of esters is 1. The van der Waals surface area contributed by atoms with Crippen molar-refractivity contribution >= 4 is 28.6 Å². The Morgan fingerprint density at radius 3 is 2.46 bits per heavy atom. The second-order valence-corrected chi connectivity index (χ2v) is 7.18. The molecule has 0 aliphatic rings. The summed E-state index contributed by atoms with van der Waals surface area (Å²) < 4.78 is 16.9. The Hall–Kier alpha value is -3.00. The molecular formula is C20H20N2O5S. The highest BCUT2D eigenvalue weighted by molar-refractivity contribution is 8.00. The fraction of sp³-hybridized carbons (Fsp3) is 0.250. The van der Waals surface area contributed by atoms with Crippen LogP contribution in [0.25, 0.3) is 16.6 Å². The van der Waals surface area contributed by atoms with Gasteiger partial charge in [0.25, 0.3) is 5.56 Å². The van der Waals surface area contributed by atoms with Gasteiger partial charge in [-0.1, -0.05) is 23.9 Å². The van der Waals surface area contributed by atoms with Crippen LogP contribution < -0.4 is 15.0 Å². The van der Waals surface area contributed by atoms with Crippen LogP contribution in [0, 0.1) is 0 Å². The summed E-state index contributed by atoms with van der Waals surface area (Å²) in [5, 5.41) is 0.325. The zero-order chi connectivity index (χ0) is 20.3. The van der Waals surface area contributed by atoms with Crippen molar-refractivity contribution in [2.75, 3.05) is 21.3 Å². The standard InChI is InChI=1S/C20H20N2O5S/c1-12(19(24)27-4)28-20-21-15-8-6-5-7-14(15)18(23)22(20)13-9-10-16(25-2)17(11-13)26-3/h5-12H,1-4H3/t12-/m1/s1. The number of rotatable bonds is 6. The molecule has 0 saturated heterocycles. The van der Waals surface area contributed by atoms with E-state index in [-0.39, 0.29) is 5.56 Å². The third-order valence-corrected chi connectivity index (χ3v) is 5.22. The van der Waals surface area contributed by atoms with Gasteiger partial charge in [0.2, 0.25) is 0 Å². The highest BCUT2D eigenvalue weighted by Crippen LogP contribution is 2.31. The number of carbonyl (C=O) groups excluding carboxylic acids is 1. The molecule has 0 bridgehead atoms. The van der Waals surface area contributed by atoms with Gasteiger partial charge in [-0.05, 0) is 31.2 Å². The van der Waals surface area contributed by atoms with Gasteiger partial charge >= 0.3 is 5.97 Å². The molecule has 0 radical (unpaired) electrons. The Morgan fingerprint density at radius 2 is 1.79 bits per heavy atom. The number of hydrogen-bond donors (Lipinski definition) is 0. The van der Waals surface area contributed by atoms with Crippen LogP contribution in [-0.2, 0) is 9.53 Å². The fourth-order valence-corrected chi connectivity index (χ4v) is 3.71. The first-order chi connectivity index (χ1) is 13.5. The van der Waals surface area contributed by atoms with E-state index in [9.17, 15) is 9.59 Å². The van der Waals surface area contributed by atoms with E-state index in [4.69, 9.17) is 14.2 Å². The average molecular weight is 400 g/mol. The Labute approximate surface area is 166 Å². The maximum absolute atomic E-state index is 13.2. The summed E-state index contributed by atoms with van der Waals surface area (Å²) in [4.78, 5) is 29.8. The Kier molecular flexibility index (Phi) is 5.89. The first-order valence-electron chi connectivity index (χ1n) is 8.48. The normalized spacial score (nSPS) is 11.9. The van der Waals surface area contributed by atoms with Crippen molar-refractivity contribution in [2.45, 2.75) is 17.3 Å². The van der Waals surface area contributed by atoms with Crippen LogP contribution in [0.4, 0.5) is 0 Å². The van der Waals surface area contributed by atoms with Crippen molar-refractivity contribution in [3.63, 3.8) is 0 Å². The molecule has 3 aromatic rings. The molecule has 3 rings (SSSR count). The molecule has 1 heterocycles. The lowest BCUT2D eigenvalue weighted by atomic mass is 10.2. The van der Waals surface area contributed by atoms with Crippen molar-refractivity contribution in [3.8, 4) is 17.2 Å². The summed E-state index contributed by atoms with van der Waals surface area (Å²) in [6.45, 7) is 1.71. The van der Waals surface area contributed by atoms with Gasteiger partial charge < -0.3 is 14.2 Å². The first-order valence-corrected chi connectivity index (χ1v) is 9.36. The predicted molar refractivity (Wildman–Crippen MR) is 108 cm³/mol. The van der Waals surface area contributed by atoms with Crippen LogP contribution in [0.15, 0.2) is 52.4 Å². The maximum atomic E-state index is 13.2. The zero-order valence-electron chi connectivity index (χ0n) is 16.0. The van der Waals surface area contributed by atoms with Gasteiger partial charge in [0.15, 0.2) is 16.7 Å². The van der Waals surface area contributed by atoms with Crippen molar-refractivity contribution in [2.24, 2.45) is 0 Å². The lowest BCUT2D eigenvalue weighted by molar-refractivity contribution is -0.139. The van der Waals surface area contributed by atoms with Gasteiger partial charge in [-0.3, -0.25) is 14.2 Å². The molecule has 0 aliphatic heterocycles. The van der Waals surface area contributed by atoms with E-state index in [2.05, 4.69) is 4.98 Å². The van der Waals surface area contributed by atoms with Crippen LogP contribution in [0.1, 0.15) is 6.92 Å². The minimum Gasteiger partial charge on any atom is -0.493 e. The van der Waals surface area contributed by atoms with E-state index >= 15 is 0 Å². The smallest absolute Gasteiger partial charge is 0.318 e. The van der Waals surface area contributed by atoms with Crippen molar-refractivity contribution in [3.05, 3.63) is 52.8 Å². The Bertz CT molecular complexity index is 1080. The fourth-order valence-electron chi connectivity index (χ4n) is 2.76. The molecule has 0 aliphatic carbocycles. The molecule has 0 spiro atoms. The Balaban J connectivity index is 2.24. The number of hydrogen-bond acceptors (Lipinski definition) is 7. The van der Waals surface area contributed by atoms with Gasteiger partial charge in [-0.15, -0.1) is 0 Å². The topological polar surface area (TPSA) is 79.7 Å². The molecule has 28 heavy (non-hydrogen) atoms. The monoisotopic (exact) mass is 400 g/mol. The van der Waals surface area contributed by atoms with Gasteiger partial charge in [0.1, 0.15) is 5.25 Å². The first kappa shape index (κ1) is 19.8. The van der Waals surface area contributed by atoms with E-state index in [1.165, 1.54) is 18.8 Å². The largest absolute Gasteiger partial charge is 0.493 e. The number of benzene rings is 2. The second kappa shape index (κ2) is 8.35. The average Bonchev–Trinajstić information content (AvgIpc) is 2.72. The van der Waals surface area contributed by atoms with E-state index in [1.807, 2.05) is 6.07 Å². The summed E-state index contributed by atoms with van der Waals surface area (Å²) in [5.74, 6) is 0.633. The number of aromatic nitrogens is 2. The number of methoxy groups -OCH3 is 3. The minimum atomic E-state index is -0.538. The molecule has 0 unspecified atom stereocenters. The summed E-state index contributed by atoms with van der Waals surface area (Å²) in [6.07, 6.45) is 0. The summed E-state index contributed by atoms with van der Waals surface area (Å²) >= 11 is 1.16. The Morgan fingerprint density at radius 1 is 1.07 bits per heavy atom. The summed E-state index contributed by atoms with van der Waals surface area (Å²) in [7, 11) is 4.40. The lowest BCUT2D eigenvalue weighted by Crippen LogP contribution is -2.24. The number of ether oxygens (including phenoxy) is 3. The number of para-hydroxylation sites is 1. The second-order valence-electron chi connectivity index (χ2n) is 5.87. The number of nitrogens with zero attached hydrogens (tertiary/aromatic N) is 2. The molecule has 0 fully saturated rings. The molecule has 1 atom stereocenters. The molecule has 0 N–H and O–H groups in total. The molecule has 2 aromatic carbocycles. The summed E-state index contributed by atoms with van der Waals surface area (Å²) in [5.41, 5.74) is 0.877. The van der Waals surface area contributed by atoms with Gasteiger partial charge in [-0.2, -0.15) is 0 Å². The lowest BCUT2D eigenvalue weighted by Gasteiger charge is -2.16. The molecule has 8 heteroatoms. The molecule has 0 amide bonds. The SMILES string of the molecule is COC(=O)[C@@H](C)Sc1nc2ccccc2c(=O)n1-c1ccc(OC)c(OC)c1. The van der Waals surface area contributed by atoms with Crippen LogP contribution in [0.3, 0.4) is 0 Å². The van der Waals surface area contributed by atoms with Gasteiger partial charge in [0.05, 0.1) is 37.9 Å². The number of carbonyl (C=O) groups is 1. The maximum Gasteiger partial charge on any atom is 0.318 e. The van der Waals surface area contributed by atoms with Crippen LogP contribution in [0.5, 0.6) is 11.5 Å². The molecular weight excluding hydrogens is 380 g/mol. The third kappa shape index (κ3) is 3.68. The highest BCUT2D eigenvalue weighted by Gasteiger charge is 2.21. The molecule has 146 valence electrons. The van der Waals surface area contributed by atoms with Gasteiger partial charge in [0, 0.05) is 6.07 Å².